The van der Waals surface area contributed by atoms with Crippen molar-refractivity contribution in [3.63, 3.8) is 0 Å². The van der Waals surface area contributed by atoms with Gasteiger partial charge in [0, 0.05) is 19.0 Å². The molecule has 0 saturated carbocycles. The summed E-state index contributed by atoms with van der Waals surface area (Å²) in [5, 5.41) is 3.02. The Hall–Kier alpha value is -2.62. The summed E-state index contributed by atoms with van der Waals surface area (Å²) >= 11 is 0. The number of aryl methyl sites for hydroxylation is 2. The standard InChI is InChI=1S/C27H38N2O2/c1-7-21(5)28-27(31)22(6)29(18-24-10-8-9-20(4)17-24)26(30)16-13-23-11-14-25(15-12-23)19(2)3/h8-12,14-15,17,19,21-22H,7,13,16,18H2,1-6H3,(H,28,31)/t21-,22-/m0/s1. The van der Waals surface area contributed by atoms with Gasteiger partial charge in [-0.2, -0.15) is 0 Å². The van der Waals surface area contributed by atoms with E-state index in [9.17, 15) is 9.59 Å². The van der Waals surface area contributed by atoms with Gasteiger partial charge in [0.1, 0.15) is 6.04 Å². The van der Waals surface area contributed by atoms with E-state index in [1.807, 2.05) is 45.9 Å². The highest BCUT2D eigenvalue weighted by atomic mass is 16.2. The highest BCUT2D eigenvalue weighted by Gasteiger charge is 2.26. The number of rotatable bonds is 10. The summed E-state index contributed by atoms with van der Waals surface area (Å²) in [6, 6.07) is 16.2. The van der Waals surface area contributed by atoms with Crippen LogP contribution in [0.15, 0.2) is 48.5 Å². The summed E-state index contributed by atoms with van der Waals surface area (Å²) in [6.07, 6.45) is 1.91. The molecule has 1 N–H and O–H groups in total. The zero-order valence-corrected chi connectivity index (χ0v) is 19.9. The molecular formula is C27H38N2O2. The molecule has 2 rings (SSSR count). The van der Waals surface area contributed by atoms with E-state index in [-0.39, 0.29) is 17.9 Å². The van der Waals surface area contributed by atoms with Crippen LogP contribution in [0.2, 0.25) is 0 Å². The van der Waals surface area contributed by atoms with E-state index >= 15 is 0 Å². The molecule has 4 nitrogen and oxygen atoms in total. The summed E-state index contributed by atoms with van der Waals surface area (Å²) in [4.78, 5) is 27.7. The Morgan fingerprint density at radius 3 is 2.23 bits per heavy atom. The van der Waals surface area contributed by atoms with Crippen molar-refractivity contribution >= 4 is 11.8 Å². The van der Waals surface area contributed by atoms with Crippen molar-refractivity contribution in [3.8, 4) is 0 Å². The van der Waals surface area contributed by atoms with Crippen LogP contribution in [0.5, 0.6) is 0 Å². The lowest BCUT2D eigenvalue weighted by Crippen LogP contribution is -2.49. The first-order chi connectivity index (χ1) is 14.7. The van der Waals surface area contributed by atoms with Crippen molar-refractivity contribution in [2.45, 2.75) is 85.4 Å². The molecule has 0 heterocycles. The van der Waals surface area contributed by atoms with Gasteiger partial charge in [0.05, 0.1) is 0 Å². The molecule has 168 valence electrons. The number of carbonyl (C=O) groups excluding carboxylic acids is 2. The van der Waals surface area contributed by atoms with E-state index in [2.05, 4.69) is 49.5 Å². The average Bonchev–Trinajstić information content (AvgIpc) is 2.75. The van der Waals surface area contributed by atoms with Crippen molar-refractivity contribution in [2.24, 2.45) is 0 Å². The summed E-state index contributed by atoms with van der Waals surface area (Å²) in [5.41, 5.74) is 4.63. The number of nitrogens with zero attached hydrogens (tertiary/aromatic N) is 1. The molecule has 0 saturated heterocycles. The lowest BCUT2D eigenvalue weighted by Gasteiger charge is -2.30. The van der Waals surface area contributed by atoms with Gasteiger partial charge in [-0.15, -0.1) is 0 Å². The van der Waals surface area contributed by atoms with Gasteiger partial charge in [-0.05, 0) is 56.2 Å². The van der Waals surface area contributed by atoms with Crippen molar-refractivity contribution in [1.82, 2.24) is 10.2 Å². The minimum Gasteiger partial charge on any atom is -0.352 e. The molecule has 0 aliphatic rings. The number of nitrogens with one attached hydrogen (secondary N) is 1. The number of amides is 2. The monoisotopic (exact) mass is 422 g/mol. The molecule has 0 radical (unpaired) electrons. The van der Waals surface area contributed by atoms with Gasteiger partial charge in [-0.3, -0.25) is 9.59 Å². The van der Waals surface area contributed by atoms with Crippen molar-refractivity contribution in [2.75, 3.05) is 0 Å². The third kappa shape index (κ3) is 7.54. The lowest BCUT2D eigenvalue weighted by molar-refractivity contribution is -0.140. The van der Waals surface area contributed by atoms with Gasteiger partial charge < -0.3 is 10.2 Å². The second kappa shape index (κ2) is 11.7. The number of hydrogen-bond donors (Lipinski definition) is 1. The second-order valence-corrected chi connectivity index (χ2v) is 8.90. The van der Waals surface area contributed by atoms with Crippen LogP contribution in [0.4, 0.5) is 0 Å². The largest absolute Gasteiger partial charge is 0.352 e. The SMILES string of the molecule is CC[C@H](C)NC(=O)[C@H](C)N(Cc1cccc(C)c1)C(=O)CCc1ccc(C(C)C)cc1. The molecule has 2 aromatic carbocycles. The highest BCUT2D eigenvalue weighted by Crippen LogP contribution is 2.17. The molecular weight excluding hydrogens is 384 g/mol. The van der Waals surface area contributed by atoms with Crippen LogP contribution in [0, 0.1) is 6.92 Å². The molecule has 2 amide bonds. The van der Waals surface area contributed by atoms with Crippen LogP contribution >= 0.6 is 0 Å². The van der Waals surface area contributed by atoms with Crippen LogP contribution in [0.25, 0.3) is 0 Å². The zero-order valence-electron chi connectivity index (χ0n) is 19.9. The first-order valence-corrected chi connectivity index (χ1v) is 11.5. The quantitative estimate of drug-likeness (QED) is 0.559. The number of benzene rings is 2. The van der Waals surface area contributed by atoms with E-state index in [1.165, 1.54) is 5.56 Å². The third-order valence-corrected chi connectivity index (χ3v) is 5.88. The van der Waals surface area contributed by atoms with Gasteiger partial charge in [0.15, 0.2) is 0 Å². The molecule has 0 bridgehead atoms. The zero-order chi connectivity index (χ0) is 23.0. The molecule has 0 aromatic heterocycles. The van der Waals surface area contributed by atoms with Crippen LogP contribution in [-0.4, -0.2) is 28.8 Å². The molecule has 2 aromatic rings. The smallest absolute Gasteiger partial charge is 0.242 e. The van der Waals surface area contributed by atoms with Crippen molar-refractivity contribution < 1.29 is 9.59 Å². The van der Waals surface area contributed by atoms with E-state index < -0.39 is 6.04 Å². The predicted octanol–water partition coefficient (Wildman–Crippen LogP) is 5.38. The summed E-state index contributed by atoms with van der Waals surface area (Å²) < 4.78 is 0. The first kappa shape index (κ1) is 24.6. The molecule has 0 aliphatic heterocycles. The fraction of sp³-hybridized carbons (Fsp3) is 0.481. The van der Waals surface area contributed by atoms with Gasteiger partial charge in [0.2, 0.25) is 11.8 Å². The third-order valence-electron chi connectivity index (χ3n) is 5.88. The van der Waals surface area contributed by atoms with E-state index in [0.717, 1.165) is 23.1 Å². The minimum absolute atomic E-state index is 0.00115. The Bertz CT molecular complexity index is 858. The first-order valence-electron chi connectivity index (χ1n) is 11.5. The van der Waals surface area contributed by atoms with Crippen LogP contribution in [-0.2, 0) is 22.6 Å². The van der Waals surface area contributed by atoms with Crippen LogP contribution < -0.4 is 5.32 Å². The Kier molecular flexibility index (Phi) is 9.29. The number of hydrogen-bond acceptors (Lipinski definition) is 2. The maximum atomic E-state index is 13.2. The summed E-state index contributed by atoms with van der Waals surface area (Å²) in [6.45, 7) is 12.7. The Morgan fingerprint density at radius 2 is 1.65 bits per heavy atom. The van der Waals surface area contributed by atoms with E-state index in [1.54, 1.807) is 4.90 Å². The molecule has 0 unspecified atom stereocenters. The number of carbonyl (C=O) groups is 2. The predicted molar refractivity (Wildman–Crippen MR) is 128 cm³/mol. The van der Waals surface area contributed by atoms with Crippen molar-refractivity contribution in [1.29, 1.82) is 0 Å². The molecule has 4 heteroatoms. The molecule has 0 aliphatic carbocycles. The molecule has 2 atom stereocenters. The van der Waals surface area contributed by atoms with Gasteiger partial charge in [0.25, 0.3) is 0 Å². The Balaban J connectivity index is 2.13. The average molecular weight is 423 g/mol. The van der Waals surface area contributed by atoms with Crippen LogP contribution in [0.3, 0.4) is 0 Å². The van der Waals surface area contributed by atoms with E-state index in [4.69, 9.17) is 0 Å². The molecule has 0 spiro atoms. The van der Waals surface area contributed by atoms with Gasteiger partial charge >= 0.3 is 0 Å². The fourth-order valence-electron chi connectivity index (χ4n) is 3.52. The maximum Gasteiger partial charge on any atom is 0.242 e. The molecule has 0 fully saturated rings. The van der Waals surface area contributed by atoms with Gasteiger partial charge in [-0.1, -0.05) is 74.9 Å². The fourth-order valence-corrected chi connectivity index (χ4v) is 3.52. The maximum absolute atomic E-state index is 13.2. The molecule has 31 heavy (non-hydrogen) atoms. The Labute approximate surface area is 188 Å². The highest BCUT2D eigenvalue weighted by molar-refractivity contribution is 5.87. The minimum atomic E-state index is -0.523. The van der Waals surface area contributed by atoms with Crippen LogP contribution in [0.1, 0.15) is 75.6 Å². The summed E-state index contributed by atoms with van der Waals surface area (Å²) in [7, 11) is 0. The van der Waals surface area contributed by atoms with Crippen molar-refractivity contribution in [3.05, 3.63) is 70.8 Å². The van der Waals surface area contributed by atoms with Gasteiger partial charge in [-0.25, -0.2) is 0 Å². The Morgan fingerprint density at radius 1 is 0.968 bits per heavy atom. The topological polar surface area (TPSA) is 49.4 Å². The summed E-state index contributed by atoms with van der Waals surface area (Å²) in [5.74, 6) is 0.392. The van der Waals surface area contributed by atoms with E-state index in [0.29, 0.717) is 25.3 Å². The second-order valence-electron chi connectivity index (χ2n) is 8.90. The lowest BCUT2D eigenvalue weighted by atomic mass is 10.00. The normalized spacial score (nSPS) is 13.0.